The van der Waals surface area contributed by atoms with E-state index in [1.165, 1.54) is 0 Å². The van der Waals surface area contributed by atoms with Gasteiger partial charge in [0, 0.05) is 17.8 Å². The van der Waals surface area contributed by atoms with Gasteiger partial charge in [-0.05, 0) is 55.7 Å². The van der Waals surface area contributed by atoms with Gasteiger partial charge >= 0.3 is 5.97 Å². The van der Waals surface area contributed by atoms with Crippen LogP contribution in [0, 0.1) is 11.8 Å². The van der Waals surface area contributed by atoms with E-state index in [1.54, 1.807) is 36.0 Å². The molecule has 1 saturated carbocycles. The van der Waals surface area contributed by atoms with Crippen molar-refractivity contribution in [2.24, 2.45) is 17.6 Å². The van der Waals surface area contributed by atoms with Crippen molar-refractivity contribution < 1.29 is 28.3 Å². The summed E-state index contributed by atoms with van der Waals surface area (Å²) in [6.45, 7) is 2.42. The molecule has 1 fully saturated rings. The van der Waals surface area contributed by atoms with Crippen molar-refractivity contribution in [1.29, 1.82) is 0 Å². The molecule has 3 N–H and O–H groups in total. The normalized spacial score (nSPS) is 18.9. The Hall–Kier alpha value is -3.83. The number of nitrogens with one attached hydrogen (secondary N) is 1. The molecule has 10 nitrogen and oxygen atoms in total. The number of primary amides is 1. The number of carbonyl (C=O) groups is 3. The van der Waals surface area contributed by atoms with Gasteiger partial charge in [0.05, 0.1) is 30.2 Å². The van der Waals surface area contributed by atoms with Gasteiger partial charge in [0.15, 0.2) is 5.16 Å². The van der Waals surface area contributed by atoms with E-state index in [-0.39, 0.29) is 49.2 Å². The molecule has 1 unspecified atom stereocenters. The zero-order valence-corrected chi connectivity index (χ0v) is 23.9. The molecule has 0 spiro atoms. The number of esters is 1. The summed E-state index contributed by atoms with van der Waals surface area (Å²) in [6, 6.07) is 15.4. The van der Waals surface area contributed by atoms with Gasteiger partial charge < -0.3 is 29.5 Å². The number of aromatic nitrogens is 2. The van der Waals surface area contributed by atoms with Crippen LogP contribution in [-0.2, 0) is 19.1 Å². The van der Waals surface area contributed by atoms with Crippen molar-refractivity contribution >= 4 is 57.2 Å². The molecule has 2 aromatic carbocycles. The molecule has 0 saturated heterocycles. The van der Waals surface area contributed by atoms with Crippen LogP contribution in [0.2, 0.25) is 0 Å². The monoisotopic (exact) mass is 578 g/mol. The molecule has 0 radical (unpaired) electrons. The highest BCUT2D eigenvalue weighted by molar-refractivity contribution is 7.98. The minimum atomic E-state index is -0.776. The fraction of sp³-hybridized carbons (Fsp3) is 0.400. The fourth-order valence-corrected chi connectivity index (χ4v) is 6.22. The van der Waals surface area contributed by atoms with Crippen molar-refractivity contribution in [3.8, 4) is 0 Å². The molecule has 0 bridgehead atoms. The Morgan fingerprint density at radius 2 is 1.90 bits per heavy atom. The number of fused-ring (bicyclic) bond motifs is 2. The second-order valence-electron chi connectivity index (χ2n) is 10.3. The van der Waals surface area contributed by atoms with Gasteiger partial charge in [-0.25, -0.2) is 4.98 Å². The van der Waals surface area contributed by atoms with Crippen molar-refractivity contribution in [3.05, 3.63) is 54.3 Å². The third kappa shape index (κ3) is 6.25. The number of thioether (sulfide) groups is 1. The number of hydrogen-bond acceptors (Lipinski definition) is 8. The number of furan rings is 1. The molecule has 11 heteroatoms. The maximum Gasteiger partial charge on any atom is 0.308 e. The number of nitrogens with two attached hydrogens (primary N) is 1. The van der Waals surface area contributed by atoms with Crippen LogP contribution in [0.25, 0.3) is 22.0 Å². The number of anilines is 1. The second-order valence-corrected chi connectivity index (χ2v) is 11.1. The van der Waals surface area contributed by atoms with Crippen molar-refractivity contribution in [1.82, 2.24) is 9.55 Å². The van der Waals surface area contributed by atoms with Crippen LogP contribution in [0.1, 0.15) is 49.2 Å². The lowest BCUT2D eigenvalue weighted by Gasteiger charge is -2.35. The van der Waals surface area contributed by atoms with Crippen molar-refractivity contribution in [3.63, 3.8) is 0 Å². The molecule has 3 atom stereocenters. The Bertz CT molecular complexity index is 1560. The Labute approximate surface area is 241 Å². The molecular weight excluding hydrogens is 544 g/mol. The highest BCUT2D eigenvalue weighted by Crippen LogP contribution is 2.41. The molecule has 0 aliphatic heterocycles. The smallest absolute Gasteiger partial charge is 0.308 e. The zero-order chi connectivity index (χ0) is 28.9. The summed E-state index contributed by atoms with van der Waals surface area (Å²) in [7, 11) is 0. The lowest BCUT2D eigenvalue weighted by molar-refractivity contribution is -0.151. The zero-order valence-electron chi connectivity index (χ0n) is 23.1. The van der Waals surface area contributed by atoms with Gasteiger partial charge in [0.1, 0.15) is 17.9 Å². The van der Waals surface area contributed by atoms with Crippen LogP contribution in [0.15, 0.2) is 58.1 Å². The summed E-state index contributed by atoms with van der Waals surface area (Å²) in [5.74, 6) is -1.35. The lowest BCUT2D eigenvalue weighted by Crippen LogP contribution is -2.31. The third-order valence-corrected chi connectivity index (χ3v) is 8.18. The first-order valence-corrected chi connectivity index (χ1v) is 15.0. The van der Waals surface area contributed by atoms with E-state index >= 15 is 0 Å². The van der Waals surface area contributed by atoms with Gasteiger partial charge in [-0.3, -0.25) is 14.4 Å². The molecule has 2 heterocycles. The highest BCUT2D eigenvalue weighted by atomic mass is 32.2. The fourth-order valence-electron chi connectivity index (χ4n) is 5.60. The topological polar surface area (TPSA) is 139 Å². The standard InChI is InChI=1S/C30H34N4O6S/c1-18-16-19(12-13-22(18)34-23-10-5-4-9-21(23)32-30(34)41-2)29(37)39-15-7-14-38-17-25(35)33-26-20-8-3-6-11-24(20)40-27(26)28(31)36/h3-6,8-11,18-19,22H,7,12-17H2,1-2H3,(H2,31,36)(H,33,35)/t18-,19?,22-/m0/s1. The first-order chi connectivity index (χ1) is 19.9. The molecule has 1 aliphatic carbocycles. The highest BCUT2D eigenvalue weighted by Gasteiger charge is 2.35. The van der Waals surface area contributed by atoms with E-state index in [1.807, 2.05) is 24.5 Å². The van der Waals surface area contributed by atoms with E-state index in [2.05, 4.69) is 22.9 Å². The summed E-state index contributed by atoms with van der Waals surface area (Å²) in [5, 5.41) is 4.23. The van der Waals surface area contributed by atoms with Gasteiger partial charge in [-0.15, -0.1) is 0 Å². The van der Waals surface area contributed by atoms with Crippen LogP contribution >= 0.6 is 11.8 Å². The molecule has 4 aromatic rings. The molecular formula is C30H34N4O6S. The Kier molecular flexibility index (Phi) is 8.94. The minimum Gasteiger partial charge on any atom is -0.465 e. The van der Waals surface area contributed by atoms with Crippen LogP contribution in [0.4, 0.5) is 5.69 Å². The molecule has 1 aliphatic rings. The molecule has 2 aromatic heterocycles. The van der Waals surface area contributed by atoms with E-state index < -0.39 is 11.8 Å². The molecule has 216 valence electrons. The largest absolute Gasteiger partial charge is 0.465 e. The number of imidazole rings is 1. The Morgan fingerprint density at radius 3 is 2.68 bits per heavy atom. The summed E-state index contributed by atoms with van der Waals surface area (Å²) < 4.78 is 18.8. The Morgan fingerprint density at radius 1 is 1.12 bits per heavy atom. The first-order valence-electron chi connectivity index (χ1n) is 13.7. The van der Waals surface area contributed by atoms with Gasteiger partial charge in [0.2, 0.25) is 11.7 Å². The molecule has 41 heavy (non-hydrogen) atoms. The third-order valence-electron chi connectivity index (χ3n) is 7.53. The van der Waals surface area contributed by atoms with Gasteiger partial charge in [-0.1, -0.05) is 43.0 Å². The second kappa shape index (κ2) is 12.8. The minimum absolute atomic E-state index is 0.113. The van der Waals surface area contributed by atoms with Gasteiger partial charge in [0.25, 0.3) is 5.91 Å². The quantitative estimate of drug-likeness (QED) is 0.141. The maximum absolute atomic E-state index is 12.8. The number of para-hydroxylation sites is 3. The number of benzene rings is 2. The molecule has 5 rings (SSSR count). The summed E-state index contributed by atoms with van der Waals surface area (Å²) in [6.07, 6.45) is 4.92. The first kappa shape index (κ1) is 28.7. The van der Waals surface area contributed by atoms with Crippen LogP contribution < -0.4 is 11.1 Å². The van der Waals surface area contributed by atoms with Gasteiger partial charge in [-0.2, -0.15) is 0 Å². The summed E-state index contributed by atoms with van der Waals surface area (Å²) in [5.41, 5.74) is 8.20. The SMILES string of the molecule is CSc1nc2ccccc2n1[C@H]1CCC(C(=O)OCCCOCC(=O)Nc2c(C(N)=O)oc3ccccc23)C[C@@H]1C. The van der Waals surface area contributed by atoms with E-state index in [0.29, 0.717) is 23.3 Å². The Balaban J connectivity index is 1.04. The number of nitrogens with zero attached hydrogens (tertiary/aromatic N) is 2. The number of carbonyl (C=O) groups excluding carboxylic acids is 3. The molecule has 2 amide bonds. The van der Waals surface area contributed by atoms with Crippen LogP contribution in [0.5, 0.6) is 0 Å². The predicted molar refractivity (Wildman–Crippen MR) is 157 cm³/mol. The van der Waals surface area contributed by atoms with Crippen molar-refractivity contribution in [2.75, 3.05) is 31.4 Å². The number of hydrogen-bond donors (Lipinski definition) is 2. The average molecular weight is 579 g/mol. The van der Waals surface area contributed by atoms with Crippen LogP contribution in [0.3, 0.4) is 0 Å². The summed E-state index contributed by atoms with van der Waals surface area (Å²) in [4.78, 5) is 41.7. The predicted octanol–water partition coefficient (Wildman–Crippen LogP) is 5.17. The average Bonchev–Trinajstić information content (AvgIpc) is 3.53. The maximum atomic E-state index is 12.8. The van der Waals surface area contributed by atoms with E-state index in [4.69, 9.17) is 24.6 Å². The number of amides is 2. The lowest BCUT2D eigenvalue weighted by atomic mass is 9.78. The van der Waals surface area contributed by atoms with Crippen LogP contribution in [-0.4, -0.2) is 53.4 Å². The van der Waals surface area contributed by atoms with E-state index in [9.17, 15) is 14.4 Å². The van der Waals surface area contributed by atoms with E-state index in [0.717, 1.165) is 35.5 Å². The number of rotatable bonds is 11. The summed E-state index contributed by atoms with van der Waals surface area (Å²) >= 11 is 1.65. The van der Waals surface area contributed by atoms with Crippen molar-refractivity contribution in [2.45, 2.75) is 43.8 Å². The number of ether oxygens (including phenoxy) is 2.